The van der Waals surface area contributed by atoms with Crippen molar-refractivity contribution < 1.29 is 4.79 Å². The highest BCUT2D eigenvalue weighted by molar-refractivity contribution is 7.15. The van der Waals surface area contributed by atoms with Crippen LogP contribution in [0.5, 0.6) is 0 Å². The van der Waals surface area contributed by atoms with E-state index in [-0.39, 0.29) is 11.9 Å². The molecule has 1 aliphatic heterocycles. The fourth-order valence-electron chi connectivity index (χ4n) is 4.40. The van der Waals surface area contributed by atoms with E-state index in [1.165, 1.54) is 6.42 Å². The number of carbonyl (C=O) groups excluding carboxylic acids is 1. The molecule has 3 heterocycles. The van der Waals surface area contributed by atoms with Crippen LogP contribution >= 0.6 is 22.9 Å². The maximum absolute atomic E-state index is 13.7. The highest BCUT2D eigenvalue weighted by atomic mass is 35.5. The maximum atomic E-state index is 13.7. The Morgan fingerprint density at radius 3 is 2.83 bits per heavy atom. The standard InChI is InChI=1S/C23H23ClN4OS/c1-14-27-21(22(30-14)15-5-3-2-4-6-15)23(29)28-18(9-7-16-11-19(16)28)13-26-20-10-8-17(24)12-25-20/h2-6,8,10,12,16,18-19H,7,9,11,13H2,1H3,(H,25,26). The van der Waals surface area contributed by atoms with E-state index >= 15 is 0 Å². The molecule has 0 spiro atoms. The molecule has 2 fully saturated rings. The summed E-state index contributed by atoms with van der Waals surface area (Å²) >= 11 is 7.53. The largest absolute Gasteiger partial charge is 0.368 e. The second-order valence-electron chi connectivity index (χ2n) is 8.03. The molecular formula is C23H23ClN4OS. The van der Waals surface area contributed by atoms with Crippen molar-refractivity contribution in [3.8, 4) is 10.4 Å². The lowest BCUT2D eigenvalue weighted by Gasteiger charge is -2.35. The Labute approximate surface area is 185 Å². The second kappa shape index (κ2) is 8.00. The van der Waals surface area contributed by atoms with Gasteiger partial charge < -0.3 is 10.2 Å². The van der Waals surface area contributed by atoms with E-state index in [2.05, 4.69) is 20.2 Å². The van der Waals surface area contributed by atoms with Gasteiger partial charge in [0.2, 0.25) is 0 Å². The van der Waals surface area contributed by atoms with Gasteiger partial charge in [-0.05, 0) is 49.8 Å². The molecule has 3 atom stereocenters. The summed E-state index contributed by atoms with van der Waals surface area (Å²) in [6, 6.07) is 14.2. The molecule has 1 amide bonds. The number of aromatic nitrogens is 2. The molecule has 1 aliphatic carbocycles. The van der Waals surface area contributed by atoms with Crippen molar-refractivity contribution in [2.75, 3.05) is 11.9 Å². The van der Waals surface area contributed by atoms with Crippen molar-refractivity contribution in [3.63, 3.8) is 0 Å². The smallest absolute Gasteiger partial charge is 0.274 e. The van der Waals surface area contributed by atoms with Gasteiger partial charge in [-0.3, -0.25) is 4.79 Å². The van der Waals surface area contributed by atoms with Crippen molar-refractivity contribution in [2.45, 2.75) is 38.3 Å². The van der Waals surface area contributed by atoms with E-state index in [9.17, 15) is 4.79 Å². The van der Waals surface area contributed by atoms with Crippen molar-refractivity contribution in [3.05, 3.63) is 64.4 Å². The summed E-state index contributed by atoms with van der Waals surface area (Å²) in [4.78, 5) is 25.8. The maximum Gasteiger partial charge on any atom is 0.274 e. The minimum Gasteiger partial charge on any atom is -0.368 e. The number of likely N-dealkylation sites (tertiary alicyclic amines) is 1. The lowest BCUT2D eigenvalue weighted by atomic mass is 10.0. The monoisotopic (exact) mass is 438 g/mol. The number of anilines is 1. The average molecular weight is 439 g/mol. The molecular weight excluding hydrogens is 416 g/mol. The zero-order valence-corrected chi connectivity index (χ0v) is 18.3. The SMILES string of the molecule is Cc1nc(C(=O)N2C(CNc3ccc(Cl)cn3)CCC3CC32)c(-c2ccccc2)s1. The van der Waals surface area contributed by atoms with Gasteiger partial charge in [-0.1, -0.05) is 41.9 Å². The fraction of sp³-hybridized carbons (Fsp3) is 0.348. The van der Waals surface area contributed by atoms with Gasteiger partial charge in [-0.15, -0.1) is 11.3 Å². The number of rotatable bonds is 5. The van der Waals surface area contributed by atoms with Crippen LogP contribution in [0.2, 0.25) is 5.02 Å². The molecule has 2 aliphatic rings. The number of aryl methyl sites for hydroxylation is 1. The lowest BCUT2D eigenvalue weighted by Crippen LogP contribution is -2.48. The zero-order chi connectivity index (χ0) is 20.7. The van der Waals surface area contributed by atoms with Gasteiger partial charge in [-0.25, -0.2) is 9.97 Å². The summed E-state index contributed by atoms with van der Waals surface area (Å²) in [7, 11) is 0. The number of carbonyl (C=O) groups is 1. The number of nitrogens with one attached hydrogen (secondary N) is 1. The number of amides is 1. The van der Waals surface area contributed by atoms with Crippen molar-refractivity contribution in [1.29, 1.82) is 0 Å². The topological polar surface area (TPSA) is 58.1 Å². The first-order valence-corrected chi connectivity index (χ1v) is 11.5. The average Bonchev–Trinajstić information content (AvgIpc) is 3.45. The van der Waals surface area contributed by atoms with Crippen LogP contribution in [0.1, 0.15) is 34.8 Å². The summed E-state index contributed by atoms with van der Waals surface area (Å²) in [5.41, 5.74) is 1.64. The molecule has 0 bridgehead atoms. The van der Waals surface area contributed by atoms with Gasteiger partial charge in [0.05, 0.1) is 14.9 Å². The summed E-state index contributed by atoms with van der Waals surface area (Å²) in [6.45, 7) is 2.64. The van der Waals surface area contributed by atoms with E-state index < -0.39 is 0 Å². The zero-order valence-electron chi connectivity index (χ0n) is 16.7. The molecule has 5 nitrogen and oxygen atoms in total. The minimum absolute atomic E-state index is 0.0567. The van der Waals surface area contributed by atoms with Gasteiger partial charge in [-0.2, -0.15) is 0 Å². The van der Waals surface area contributed by atoms with Crippen LogP contribution in [0.25, 0.3) is 10.4 Å². The fourth-order valence-corrected chi connectivity index (χ4v) is 5.43. The Balaban J connectivity index is 1.40. The van der Waals surface area contributed by atoms with Crippen LogP contribution in [0.4, 0.5) is 5.82 Å². The van der Waals surface area contributed by atoms with Gasteiger partial charge in [0.25, 0.3) is 5.91 Å². The molecule has 1 saturated heterocycles. The van der Waals surface area contributed by atoms with E-state index in [1.807, 2.05) is 49.4 Å². The van der Waals surface area contributed by atoms with Crippen LogP contribution in [-0.2, 0) is 0 Å². The summed E-state index contributed by atoms with van der Waals surface area (Å²) < 4.78 is 0. The number of benzene rings is 1. The lowest BCUT2D eigenvalue weighted by molar-refractivity contribution is 0.0599. The first kappa shape index (κ1) is 19.5. The molecule has 0 radical (unpaired) electrons. The van der Waals surface area contributed by atoms with Crippen molar-refractivity contribution in [2.24, 2.45) is 5.92 Å². The third kappa shape index (κ3) is 3.82. The van der Waals surface area contributed by atoms with Crippen molar-refractivity contribution >= 4 is 34.7 Å². The van der Waals surface area contributed by atoms with E-state index in [4.69, 9.17) is 11.6 Å². The van der Waals surface area contributed by atoms with Gasteiger partial charge in [0, 0.05) is 24.8 Å². The Hall–Kier alpha value is -2.44. The Morgan fingerprint density at radius 1 is 1.23 bits per heavy atom. The highest BCUT2D eigenvalue weighted by Crippen LogP contribution is 2.46. The minimum atomic E-state index is 0.0567. The molecule has 3 unspecified atom stereocenters. The molecule has 1 saturated carbocycles. The normalized spacial score (nSPS) is 22.5. The Kier molecular flexibility index (Phi) is 5.21. The predicted octanol–water partition coefficient (Wildman–Crippen LogP) is 5.27. The van der Waals surface area contributed by atoms with Crippen LogP contribution in [0.3, 0.4) is 0 Å². The molecule has 1 aromatic carbocycles. The van der Waals surface area contributed by atoms with Crippen LogP contribution in [-0.4, -0.2) is 39.4 Å². The highest BCUT2D eigenvalue weighted by Gasteiger charge is 2.50. The number of hydrogen-bond donors (Lipinski definition) is 1. The quantitative estimate of drug-likeness (QED) is 0.589. The molecule has 30 heavy (non-hydrogen) atoms. The first-order valence-electron chi connectivity index (χ1n) is 10.3. The number of hydrogen-bond acceptors (Lipinski definition) is 5. The number of piperidine rings is 1. The van der Waals surface area contributed by atoms with E-state index in [1.54, 1.807) is 17.5 Å². The van der Waals surface area contributed by atoms with Crippen LogP contribution in [0.15, 0.2) is 48.7 Å². The Morgan fingerprint density at radius 2 is 2.07 bits per heavy atom. The summed E-state index contributed by atoms with van der Waals surface area (Å²) in [6.07, 6.45) is 4.91. The third-order valence-electron chi connectivity index (χ3n) is 5.96. The molecule has 3 aromatic rings. The van der Waals surface area contributed by atoms with Gasteiger partial charge >= 0.3 is 0 Å². The van der Waals surface area contributed by atoms with E-state index in [0.717, 1.165) is 34.1 Å². The molecule has 2 aromatic heterocycles. The first-order chi connectivity index (χ1) is 14.6. The number of thiazole rings is 1. The molecule has 5 rings (SSSR count). The number of fused-ring (bicyclic) bond motifs is 1. The predicted molar refractivity (Wildman–Crippen MR) is 121 cm³/mol. The molecule has 7 heteroatoms. The second-order valence-corrected chi connectivity index (χ2v) is 9.67. The number of nitrogens with zero attached hydrogens (tertiary/aromatic N) is 3. The van der Waals surface area contributed by atoms with Crippen LogP contribution < -0.4 is 5.32 Å². The van der Waals surface area contributed by atoms with Crippen molar-refractivity contribution in [1.82, 2.24) is 14.9 Å². The Bertz CT molecular complexity index is 1050. The summed E-state index contributed by atoms with van der Waals surface area (Å²) in [5.74, 6) is 1.47. The van der Waals surface area contributed by atoms with Gasteiger partial charge in [0.1, 0.15) is 11.5 Å². The number of pyridine rings is 1. The number of halogens is 1. The van der Waals surface area contributed by atoms with Gasteiger partial charge in [0.15, 0.2) is 0 Å². The third-order valence-corrected chi connectivity index (χ3v) is 7.20. The van der Waals surface area contributed by atoms with E-state index in [0.29, 0.717) is 29.2 Å². The summed E-state index contributed by atoms with van der Waals surface area (Å²) in [5, 5.41) is 4.92. The molecule has 154 valence electrons. The molecule has 1 N–H and O–H groups in total. The van der Waals surface area contributed by atoms with Crippen LogP contribution in [0, 0.1) is 12.8 Å².